The minimum absolute atomic E-state index is 0.181. The number of benzene rings is 3. The zero-order chi connectivity index (χ0) is 25.0. The highest BCUT2D eigenvalue weighted by Crippen LogP contribution is 2.41. The van der Waals surface area contributed by atoms with Gasteiger partial charge in [0.25, 0.3) is 0 Å². The van der Waals surface area contributed by atoms with Gasteiger partial charge in [0.15, 0.2) is 0 Å². The SMILES string of the molecule is N#Cc1ccc(Oc2cccc3c2CC[C@H]3Oc2ccc(C(CC(=O)O)CS(N)(=O)=O)cc2)cc1. The van der Waals surface area contributed by atoms with Crippen molar-refractivity contribution in [1.29, 1.82) is 5.26 Å². The van der Waals surface area contributed by atoms with Gasteiger partial charge in [-0.3, -0.25) is 4.79 Å². The van der Waals surface area contributed by atoms with E-state index in [2.05, 4.69) is 6.07 Å². The van der Waals surface area contributed by atoms with E-state index in [9.17, 15) is 13.2 Å². The van der Waals surface area contributed by atoms with Gasteiger partial charge in [-0.2, -0.15) is 5.26 Å². The Morgan fingerprint density at radius 1 is 1.09 bits per heavy atom. The number of rotatable bonds is 9. The smallest absolute Gasteiger partial charge is 0.303 e. The van der Waals surface area contributed by atoms with E-state index in [4.69, 9.17) is 25.0 Å². The molecule has 3 aromatic rings. The van der Waals surface area contributed by atoms with Crippen LogP contribution in [0.4, 0.5) is 0 Å². The summed E-state index contributed by atoms with van der Waals surface area (Å²) in [5.74, 6) is -0.306. The van der Waals surface area contributed by atoms with Crippen LogP contribution in [-0.2, 0) is 21.2 Å². The van der Waals surface area contributed by atoms with Crippen LogP contribution in [0.3, 0.4) is 0 Å². The number of nitrogens with zero attached hydrogens (tertiary/aromatic N) is 1. The van der Waals surface area contributed by atoms with Crippen LogP contribution in [0.1, 0.15) is 47.1 Å². The Morgan fingerprint density at radius 2 is 1.77 bits per heavy atom. The summed E-state index contributed by atoms with van der Waals surface area (Å²) in [6, 6.07) is 21.6. The van der Waals surface area contributed by atoms with Crippen LogP contribution in [0, 0.1) is 11.3 Å². The maximum absolute atomic E-state index is 11.5. The van der Waals surface area contributed by atoms with Gasteiger partial charge in [0.1, 0.15) is 23.4 Å². The van der Waals surface area contributed by atoms with E-state index in [0.29, 0.717) is 22.6 Å². The minimum atomic E-state index is -3.83. The highest BCUT2D eigenvalue weighted by atomic mass is 32.2. The van der Waals surface area contributed by atoms with E-state index in [1.165, 1.54) is 0 Å². The molecule has 1 aliphatic rings. The van der Waals surface area contributed by atoms with Crippen LogP contribution in [0.15, 0.2) is 66.7 Å². The molecule has 0 aromatic heterocycles. The molecule has 1 aliphatic carbocycles. The Morgan fingerprint density at radius 3 is 2.40 bits per heavy atom. The number of nitriles is 1. The van der Waals surface area contributed by atoms with E-state index in [-0.39, 0.29) is 12.5 Å². The molecule has 3 aromatic carbocycles. The van der Waals surface area contributed by atoms with Crippen molar-refractivity contribution in [2.45, 2.75) is 31.3 Å². The van der Waals surface area contributed by atoms with Crippen molar-refractivity contribution < 1.29 is 27.8 Å². The molecule has 180 valence electrons. The predicted molar refractivity (Wildman–Crippen MR) is 129 cm³/mol. The van der Waals surface area contributed by atoms with Crippen molar-refractivity contribution in [1.82, 2.24) is 0 Å². The number of hydrogen-bond acceptors (Lipinski definition) is 6. The summed E-state index contributed by atoms with van der Waals surface area (Å²) in [7, 11) is -3.83. The standard InChI is InChI=1S/C26H24N2O6S/c27-15-17-4-8-20(9-5-17)33-24-3-1-2-22-23(24)12-13-25(22)34-21-10-6-18(7-11-21)19(14-26(29)30)16-35(28,31)32/h1-11,19,25H,12-14,16H2,(H,29,30)(H2,28,31,32)/t19?,25-/m1/s1. The topological polar surface area (TPSA) is 140 Å². The van der Waals surface area contributed by atoms with E-state index in [1.807, 2.05) is 18.2 Å². The lowest BCUT2D eigenvalue weighted by Crippen LogP contribution is -2.23. The van der Waals surface area contributed by atoms with Crippen LogP contribution < -0.4 is 14.6 Å². The molecule has 0 amide bonds. The summed E-state index contributed by atoms with van der Waals surface area (Å²) in [5.41, 5.74) is 3.22. The Balaban J connectivity index is 1.48. The first-order valence-corrected chi connectivity index (χ1v) is 12.7. The fraction of sp³-hybridized carbons (Fsp3) is 0.231. The number of hydrogen-bond donors (Lipinski definition) is 2. The van der Waals surface area contributed by atoms with Crippen LogP contribution in [0.25, 0.3) is 0 Å². The van der Waals surface area contributed by atoms with Crippen molar-refractivity contribution in [3.05, 3.63) is 89.0 Å². The van der Waals surface area contributed by atoms with Gasteiger partial charge in [-0.05, 0) is 66.4 Å². The Labute approximate surface area is 203 Å². The molecule has 4 rings (SSSR count). The summed E-state index contributed by atoms with van der Waals surface area (Å²) in [6.07, 6.45) is 1.02. The summed E-state index contributed by atoms with van der Waals surface area (Å²) < 4.78 is 35.3. The summed E-state index contributed by atoms with van der Waals surface area (Å²) in [6.45, 7) is 0. The van der Waals surface area contributed by atoms with E-state index in [0.717, 1.165) is 29.7 Å². The van der Waals surface area contributed by atoms with Gasteiger partial charge in [-0.15, -0.1) is 0 Å². The van der Waals surface area contributed by atoms with E-state index in [1.54, 1.807) is 48.5 Å². The van der Waals surface area contributed by atoms with Gasteiger partial charge in [-0.25, -0.2) is 13.6 Å². The second-order valence-electron chi connectivity index (χ2n) is 8.40. The number of carbonyl (C=O) groups is 1. The predicted octanol–water partition coefficient (Wildman–Crippen LogP) is 4.26. The first-order valence-electron chi connectivity index (χ1n) is 11.0. The van der Waals surface area contributed by atoms with Crippen molar-refractivity contribution >= 4 is 16.0 Å². The van der Waals surface area contributed by atoms with Crippen molar-refractivity contribution in [2.24, 2.45) is 5.14 Å². The number of ether oxygens (including phenoxy) is 2. The molecule has 2 atom stereocenters. The maximum Gasteiger partial charge on any atom is 0.303 e. The Kier molecular flexibility index (Phi) is 7.05. The highest BCUT2D eigenvalue weighted by Gasteiger charge is 2.27. The number of aliphatic carboxylic acids is 1. The third-order valence-electron chi connectivity index (χ3n) is 5.87. The number of carboxylic acids is 1. The maximum atomic E-state index is 11.5. The normalized spacial score (nSPS) is 15.6. The molecule has 0 saturated carbocycles. The van der Waals surface area contributed by atoms with Gasteiger partial charge in [0.05, 0.1) is 23.8 Å². The van der Waals surface area contributed by atoms with Gasteiger partial charge < -0.3 is 14.6 Å². The Bertz CT molecular complexity index is 1360. The second kappa shape index (κ2) is 10.2. The molecule has 0 bridgehead atoms. The lowest BCUT2D eigenvalue weighted by molar-refractivity contribution is -0.137. The molecule has 35 heavy (non-hydrogen) atoms. The molecule has 8 nitrogen and oxygen atoms in total. The largest absolute Gasteiger partial charge is 0.486 e. The van der Waals surface area contributed by atoms with Crippen LogP contribution >= 0.6 is 0 Å². The van der Waals surface area contributed by atoms with Gasteiger partial charge in [0.2, 0.25) is 10.0 Å². The fourth-order valence-electron chi connectivity index (χ4n) is 4.27. The van der Waals surface area contributed by atoms with Gasteiger partial charge in [0, 0.05) is 11.5 Å². The molecule has 0 heterocycles. The third kappa shape index (κ3) is 6.18. The molecule has 1 unspecified atom stereocenters. The van der Waals surface area contributed by atoms with E-state index >= 15 is 0 Å². The molecule has 0 spiro atoms. The molecular formula is C26H24N2O6S. The van der Waals surface area contributed by atoms with Crippen molar-refractivity contribution in [3.8, 4) is 23.3 Å². The van der Waals surface area contributed by atoms with Gasteiger partial charge in [-0.1, -0.05) is 24.3 Å². The zero-order valence-corrected chi connectivity index (χ0v) is 19.6. The molecule has 0 radical (unpaired) electrons. The highest BCUT2D eigenvalue weighted by molar-refractivity contribution is 7.89. The minimum Gasteiger partial charge on any atom is -0.486 e. The average molecular weight is 493 g/mol. The monoisotopic (exact) mass is 492 g/mol. The number of carboxylic acid groups (broad SMARTS) is 1. The zero-order valence-electron chi connectivity index (χ0n) is 18.8. The average Bonchev–Trinajstić information content (AvgIpc) is 3.22. The first-order chi connectivity index (χ1) is 16.7. The molecule has 0 fully saturated rings. The van der Waals surface area contributed by atoms with Gasteiger partial charge >= 0.3 is 5.97 Å². The molecule has 3 N–H and O–H groups in total. The molecule has 0 aliphatic heterocycles. The summed E-state index contributed by atoms with van der Waals surface area (Å²) in [4.78, 5) is 11.2. The second-order valence-corrected chi connectivity index (χ2v) is 10.1. The van der Waals surface area contributed by atoms with E-state index < -0.39 is 27.7 Å². The number of fused-ring (bicyclic) bond motifs is 1. The first kappa shape index (κ1) is 24.3. The third-order valence-corrected chi connectivity index (χ3v) is 6.74. The van der Waals surface area contributed by atoms with Crippen molar-refractivity contribution in [2.75, 3.05) is 5.75 Å². The Hall–Kier alpha value is -3.87. The van der Waals surface area contributed by atoms with Crippen LogP contribution in [0.5, 0.6) is 17.2 Å². The lowest BCUT2D eigenvalue weighted by Gasteiger charge is -2.18. The summed E-state index contributed by atoms with van der Waals surface area (Å²) in [5, 5.41) is 23.2. The van der Waals surface area contributed by atoms with Crippen LogP contribution in [0.2, 0.25) is 0 Å². The number of sulfonamides is 1. The lowest BCUT2D eigenvalue weighted by atomic mass is 9.97. The molecular weight excluding hydrogens is 468 g/mol. The molecule has 9 heteroatoms. The fourth-order valence-corrected chi connectivity index (χ4v) is 5.14. The number of primary sulfonamides is 1. The quantitative estimate of drug-likeness (QED) is 0.455. The number of nitrogens with two attached hydrogens (primary N) is 1. The van der Waals surface area contributed by atoms with Crippen molar-refractivity contribution in [3.63, 3.8) is 0 Å². The summed E-state index contributed by atoms with van der Waals surface area (Å²) >= 11 is 0. The van der Waals surface area contributed by atoms with Crippen LogP contribution in [-0.4, -0.2) is 25.2 Å². The molecule has 0 saturated heterocycles.